The van der Waals surface area contributed by atoms with E-state index in [0.29, 0.717) is 34.4 Å². The summed E-state index contributed by atoms with van der Waals surface area (Å²) >= 11 is 0. The molecule has 0 saturated carbocycles. The van der Waals surface area contributed by atoms with E-state index in [4.69, 9.17) is 0 Å². The molecule has 5 aromatic rings. The maximum atomic E-state index is 14.2. The third-order valence-corrected chi connectivity index (χ3v) is 5.83. The fourth-order valence-corrected chi connectivity index (χ4v) is 3.85. The molecule has 0 aliphatic carbocycles. The monoisotopic (exact) mass is 536 g/mol. The Morgan fingerprint density at radius 3 is 2.51 bits per heavy atom. The van der Waals surface area contributed by atoms with Crippen LogP contribution in [0.3, 0.4) is 0 Å². The van der Waals surface area contributed by atoms with Crippen molar-refractivity contribution in [1.82, 2.24) is 25.1 Å². The van der Waals surface area contributed by atoms with Crippen molar-refractivity contribution in [3.8, 4) is 11.3 Å². The lowest BCUT2D eigenvalue weighted by atomic mass is 10.1. The number of halogens is 4. The minimum Gasteiger partial charge on any atom is -0.348 e. The lowest BCUT2D eigenvalue weighted by Crippen LogP contribution is -2.21. The van der Waals surface area contributed by atoms with Gasteiger partial charge in [-0.2, -0.15) is 23.3 Å². The molecular formula is C26H20F4N8O. The second kappa shape index (κ2) is 10.4. The first-order valence-corrected chi connectivity index (χ1v) is 11.6. The number of aromatic nitrogens is 5. The number of aromatic amines is 1. The normalized spacial score (nSPS) is 12.2. The summed E-state index contributed by atoms with van der Waals surface area (Å²) in [5, 5.41) is 15.6. The van der Waals surface area contributed by atoms with E-state index in [1.165, 1.54) is 0 Å². The third kappa shape index (κ3) is 5.61. The molecule has 0 aliphatic heterocycles. The van der Waals surface area contributed by atoms with Crippen LogP contribution in [0.5, 0.6) is 0 Å². The Morgan fingerprint density at radius 1 is 1.00 bits per heavy atom. The standard InChI is InChI=1S/C26H20F4N8O/c1-14(16-4-3-11-31-12-16)33-24-32-13-18-22(37-38-23(18)36-24)15-7-9-17(10-8-15)34-25(39)35-20-6-2-5-19(21(20)27)26(28,29)30/h2-14H,1H3,(H2,34,35,39)(H2,32,33,36,37,38)/t14-/m0/s1. The van der Waals surface area contributed by atoms with Gasteiger partial charge in [0.1, 0.15) is 0 Å². The summed E-state index contributed by atoms with van der Waals surface area (Å²) in [4.78, 5) is 25.2. The number of hydrogen-bond acceptors (Lipinski definition) is 6. The van der Waals surface area contributed by atoms with E-state index in [1.54, 1.807) is 42.9 Å². The first kappa shape index (κ1) is 25.6. The summed E-state index contributed by atoms with van der Waals surface area (Å²) in [7, 11) is 0. The predicted octanol–water partition coefficient (Wildman–Crippen LogP) is 6.39. The van der Waals surface area contributed by atoms with Crippen molar-refractivity contribution < 1.29 is 22.4 Å². The number of carbonyl (C=O) groups excluding carboxylic acids is 1. The first-order chi connectivity index (χ1) is 18.7. The molecule has 13 heteroatoms. The Kier molecular flexibility index (Phi) is 6.79. The lowest BCUT2D eigenvalue weighted by molar-refractivity contribution is -0.139. The number of alkyl halides is 3. The third-order valence-electron chi connectivity index (χ3n) is 5.83. The van der Waals surface area contributed by atoms with Crippen LogP contribution in [0.15, 0.2) is 73.2 Å². The van der Waals surface area contributed by atoms with Crippen molar-refractivity contribution in [3.63, 3.8) is 0 Å². The summed E-state index contributed by atoms with van der Waals surface area (Å²) in [6, 6.07) is 12.0. The Bertz CT molecular complexity index is 1620. The van der Waals surface area contributed by atoms with Gasteiger partial charge in [-0.25, -0.2) is 14.2 Å². The lowest BCUT2D eigenvalue weighted by Gasteiger charge is -2.13. The van der Waals surface area contributed by atoms with Crippen molar-refractivity contribution >= 4 is 34.4 Å². The summed E-state index contributed by atoms with van der Waals surface area (Å²) < 4.78 is 52.9. The summed E-state index contributed by atoms with van der Waals surface area (Å²) in [5.41, 5.74) is 1.08. The van der Waals surface area contributed by atoms with Crippen LogP contribution in [0.25, 0.3) is 22.3 Å². The highest BCUT2D eigenvalue weighted by Gasteiger charge is 2.35. The van der Waals surface area contributed by atoms with Crippen molar-refractivity contribution in [3.05, 3.63) is 90.1 Å². The average molecular weight is 536 g/mol. The van der Waals surface area contributed by atoms with Gasteiger partial charge in [0.05, 0.1) is 28.4 Å². The fourth-order valence-electron chi connectivity index (χ4n) is 3.85. The summed E-state index contributed by atoms with van der Waals surface area (Å²) in [6.45, 7) is 1.96. The first-order valence-electron chi connectivity index (χ1n) is 11.6. The zero-order chi connectivity index (χ0) is 27.6. The van der Waals surface area contributed by atoms with Crippen molar-refractivity contribution in [2.45, 2.75) is 19.1 Å². The van der Waals surface area contributed by atoms with Crippen LogP contribution in [0, 0.1) is 5.82 Å². The number of rotatable bonds is 6. The van der Waals surface area contributed by atoms with Crippen LogP contribution in [0.2, 0.25) is 0 Å². The molecule has 0 spiro atoms. The average Bonchev–Trinajstić information content (AvgIpc) is 3.33. The van der Waals surface area contributed by atoms with Crippen LogP contribution in [-0.2, 0) is 6.18 Å². The van der Waals surface area contributed by atoms with Gasteiger partial charge in [-0.3, -0.25) is 10.1 Å². The summed E-state index contributed by atoms with van der Waals surface area (Å²) in [6.07, 6.45) is 0.215. The summed E-state index contributed by atoms with van der Waals surface area (Å²) in [5.74, 6) is -1.16. The van der Waals surface area contributed by atoms with Crippen LogP contribution in [0.4, 0.5) is 39.7 Å². The molecule has 2 amide bonds. The highest BCUT2D eigenvalue weighted by molar-refractivity contribution is 6.00. The van der Waals surface area contributed by atoms with E-state index >= 15 is 0 Å². The molecule has 1 atom stereocenters. The molecule has 3 aromatic heterocycles. The number of pyridine rings is 1. The Morgan fingerprint density at radius 2 is 1.79 bits per heavy atom. The molecule has 5 rings (SSSR count). The number of benzene rings is 2. The van der Waals surface area contributed by atoms with Gasteiger partial charge in [0.25, 0.3) is 0 Å². The van der Waals surface area contributed by atoms with Gasteiger partial charge in [0.2, 0.25) is 5.95 Å². The van der Waals surface area contributed by atoms with Crippen LogP contribution in [0.1, 0.15) is 24.1 Å². The number of fused-ring (bicyclic) bond motifs is 1. The minimum absolute atomic E-state index is 0.0723. The molecule has 2 aromatic carbocycles. The zero-order valence-electron chi connectivity index (χ0n) is 20.2. The van der Waals surface area contributed by atoms with E-state index in [1.807, 2.05) is 19.1 Å². The number of urea groups is 1. The van der Waals surface area contributed by atoms with E-state index in [-0.39, 0.29) is 6.04 Å². The second-order valence-corrected chi connectivity index (χ2v) is 8.50. The number of H-pyrrole nitrogens is 1. The number of nitrogens with one attached hydrogen (secondary N) is 4. The molecule has 0 radical (unpaired) electrons. The van der Waals surface area contributed by atoms with Gasteiger partial charge >= 0.3 is 12.2 Å². The van der Waals surface area contributed by atoms with E-state index in [0.717, 1.165) is 23.3 Å². The number of amides is 2. The van der Waals surface area contributed by atoms with E-state index in [9.17, 15) is 22.4 Å². The molecule has 4 N–H and O–H groups in total. The van der Waals surface area contributed by atoms with Gasteiger partial charge in [-0.1, -0.05) is 24.3 Å². The molecular weight excluding hydrogens is 516 g/mol. The highest BCUT2D eigenvalue weighted by Crippen LogP contribution is 2.34. The topological polar surface area (TPSA) is 121 Å². The van der Waals surface area contributed by atoms with Crippen LogP contribution >= 0.6 is 0 Å². The molecule has 0 fully saturated rings. The quantitative estimate of drug-likeness (QED) is 0.187. The van der Waals surface area contributed by atoms with E-state index in [2.05, 4.69) is 41.1 Å². The molecule has 3 heterocycles. The van der Waals surface area contributed by atoms with Crippen LogP contribution < -0.4 is 16.0 Å². The van der Waals surface area contributed by atoms with E-state index < -0.39 is 29.3 Å². The largest absolute Gasteiger partial charge is 0.419 e. The predicted molar refractivity (Wildman–Crippen MR) is 137 cm³/mol. The number of hydrogen-bond donors (Lipinski definition) is 4. The molecule has 39 heavy (non-hydrogen) atoms. The SMILES string of the molecule is C[C@H](Nc1ncc2c(-c3ccc(NC(=O)Nc4cccc(C(F)(F)F)c4F)cc3)[nH]nc2n1)c1cccnc1. The maximum absolute atomic E-state index is 14.2. The molecule has 0 aliphatic rings. The molecule has 198 valence electrons. The molecule has 9 nitrogen and oxygen atoms in total. The molecule has 0 bridgehead atoms. The van der Waals surface area contributed by atoms with Gasteiger partial charge in [0, 0.05) is 29.8 Å². The van der Waals surface area contributed by atoms with Crippen molar-refractivity contribution in [1.29, 1.82) is 0 Å². The van der Waals surface area contributed by atoms with Crippen molar-refractivity contribution in [2.75, 3.05) is 16.0 Å². The van der Waals surface area contributed by atoms with Gasteiger partial charge in [0.15, 0.2) is 11.5 Å². The molecule has 0 unspecified atom stereocenters. The maximum Gasteiger partial charge on any atom is 0.419 e. The van der Waals surface area contributed by atoms with Crippen LogP contribution in [-0.4, -0.2) is 31.2 Å². The zero-order valence-corrected chi connectivity index (χ0v) is 20.2. The highest BCUT2D eigenvalue weighted by atomic mass is 19.4. The number of anilines is 3. The van der Waals surface area contributed by atoms with Gasteiger partial charge in [-0.15, -0.1) is 0 Å². The molecule has 0 saturated heterocycles. The Balaban J connectivity index is 1.26. The fraction of sp³-hybridized carbons (Fsp3) is 0.115. The van der Waals surface area contributed by atoms with Crippen molar-refractivity contribution in [2.24, 2.45) is 0 Å². The minimum atomic E-state index is -4.88. The smallest absolute Gasteiger partial charge is 0.348 e. The second-order valence-electron chi connectivity index (χ2n) is 8.50. The number of nitrogens with zero attached hydrogens (tertiary/aromatic N) is 4. The Hall–Kier alpha value is -5.07. The number of carbonyl (C=O) groups is 1. The Labute approximate surface area is 218 Å². The van der Waals surface area contributed by atoms with Gasteiger partial charge in [-0.05, 0) is 42.8 Å². The van der Waals surface area contributed by atoms with Gasteiger partial charge < -0.3 is 16.0 Å².